The molecule has 140 valence electrons. The molecule has 0 saturated carbocycles. The van der Waals surface area contributed by atoms with E-state index in [0.717, 1.165) is 15.5 Å². The van der Waals surface area contributed by atoms with Crippen LogP contribution in [0.4, 0.5) is 5.69 Å². The highest BCUT2D eigenvalue weighted by Crippen LogP contribution is 2.41. The second-order valence-electron chi connectivity index (χ2n) is 6.66. The highest BCUT2D eigenvalue weighted by molar-refractivity contribution is 7.99. The number of carbonyl (C=O) groups is 2. The maximum atomic E-state index is 11.7. The van der Waals surface area contributed by atoms with Gasteiger partial charge in [-0.3, -0.25) is 4.90 Å². The fourth-order valence-electron chi connectivity index (χ4n) is 3.38. The van der Waals surface area contributed by atoms with Crippen molar-refractivity contribution in [1.29, 1.82) is 0 Å². The zero-order valence-electron chi connectivity index (χ0n) is 15.2. The van der Waals surface area contributed by atoms with Crippen molar-refractivity contribution in [2.45, 2.75) is 29.5 Å². The lowest BCUT2D eigenvalue weighted by atomic mass is 10.2. The first-order valence-electron chi connectivity index (χ1n) is 8.77. The first-order chi connectivity index (χ1) is 13.0. The average Bonchev–Trinajstić information content (AvgIpc) is 2.92. The van der Waals surface area contributed by atoms with Crippen molar-refractivity contribution < 1.29 is 19.1 Å². The summed E-state index contributed by atoms with van der Waals surface area (Å²) in [5, 5.41) is 3.14. The fraction of sp³-hybridized carbons (Fsp3) is 0.300. The van der Waals surface area contributed by atoms with Gasteiger partial charge in [0.15, 0.2) is 0 Å². The average molecular weight is 384 g/mol. The largest absolute Gasteiger partial charge is 0.422 e. The molecular formula is C20H20N2O4S. The van der Waals surface area contributed by atoms with Crippen LogP contribution in [0.5, 0.6) is 0 Å². The van der Waals surface area contributed by atoms with E-state index in [-0.39, 0.29) is 6.54 Å². The summed E-state index contributed by atoms with van der Waals surface area (Å²) in [6.45, 7) is 5.63. The number of hydrogen-bond donors (Lipinski definition) is 1. The van der Waals surface area contributed by atoms with Gasteiger partial charge in [-0.15, -0.1) is 0 Å². The molecule has 0 aromatic heterocycles. The van der Waals surface area contributed by atoms with Crippen LogP contribution >= 0.6 is 11.8 Å². The molecule has 2 aromatic rings. The van der Waals surface area contributed by atoms with Crippen LogP contribution < -0.4 is 10.2 Å². The van der Waals surface area contributed by atoms with Crippen LogP contribution in [0.3, 0.4) is 0 Å². The minimum Gasteiger partial charge on any atom is -0.394 e. The zero-order valence-corrected chi connectivity index (χ0v) is 16.0. The molecule has 7 heteroatoms. The van der Waals surface area contributed by atoms with Crippen molar-refractivity contribution >= 4 is 29.4 Å². The summed E-state index contributed by atoms with van der Waals surface area (Å²) in [6.07, 6.45) is 0. The number of rotatable bonds is 3. The summed E-state index contributed by atoms with van der Waals surface area (Å²) < 4.78 is 10.7. The smallest absolute Gasteiger partial charge is 0.394 e. The van der Waals surface area contributed by atoms with Gasteiger partial charge < -0.3 is 14.8 Å². The zero-order chi connectivity index (χ0) is 19.0. The van der Waals surface area contributed by atoms with Crippen molar-refractivity contribution in [3.63, 3.8) is 0 Å². The Morgan fingerprint density at radius 1 is 1.04 bits per heavy atom. The molecule has 1 spiro atoms. The monoisotopic (exact) mass is 384 g/mol. The van der Waals surface area contributed by atoms with Crippen LogP contribution in [0.1, 0.15) is 11.1 Å². The maximum Gasteiger partial charge on any atom is 0.422 e. The van der Waals surface area contributed by atoms with Gasteiger partial charge in [0.05, 0.1) is 12.2 Å². The molecule has 2 heterocycles. The Kier molecular flexibility index (Phi) is 4.57. The highest BCUT2D eigenvalue weighted by atomic mass is 32.2. The van der Waals surface area contributed by atoms with Gasteiger partial charge in [0.25, 0.3) is 0 Å². The summed E-state index contributed by atoms with van der Waals surface area (Å²) in [6, 6.07) is 14.2. The van der Waals surface area contributed by atoms with Crippen molar-refractivity contribution in [3.8, 4) is 0 Å². The van der Waals surface area contributed by atoms with E-state index in [4.69, 9.17) is 9.47 Å². The number of nitrogens with zero attached hydrogens (tertiary/aromatic N) is 1. The van der Waals surface area contributed by atoms with Gasteiger partial charge in [-0.05, 0) is 37.6 Å². The van der Waals surface area contributed by atoms with Crippen LogP contribution in [0.25, 0.3) is 0 Å². The van der Waals surface area contributed by atoms with E-state index in [9.17, 15) is 9.59 Å². The molecule has 2 aliphatic rings. The summed E-state index contributed by atoms with van der Waals surface area (Å²) >= 11 is 1.64. The van der Waals surface area contributed by atoms with Crippen molar-refractivity contribution in [1.82, 2.24) is 5.32 Å². The number of benzene rings is 2. The van der Waals surface area contributed by atoms with Gasteiger partial charge in [0.2, 0.25) is 0 Å². The molecule has 0 amide bonds. The summed E-state index contributed by atoms with van der Waals surface area (Å²) in [4.78, 5) is 27.5. The normalized spacial score (nSPS) is 18.5. The molecule has 27 heavy (non-hydrogen) atoms. The van der Waals surface area contributed by atoms with Crippen molar-refractivity contribution in [2.24, 2.45) is 0 Å². The molecule has 0 atom stereocenters. The number of piperazine rings is 1. The number of aryl methyl sites for hydroxylation is 2. The first-order valence-corrected chi connectivity index (χ1v) is 9.59. The third-order valence-electron chi connectivity index (χ3n) is 4.65. The lowest BCUT2D eigenvalue weighted by Gasteiger charge is -2.42. The second-order valence-corrected chi connectivity index (χ2v) is 7.74. The SMILES string of the molecule is Cc1ccc(Sc2ccccc2N2CCNCC23OC(=O)C(=O)O3)c(C)c1. The van der Waals surface area contributed by atoms with Crippen LogP contribution in [0.15, 0.2) is 52.3 Å². The minimum atomic E-state index is -1.43. The van der Waals surface area contributed by atoms with E-state index in [2.05, 4.69) is 37.4 Å². The standard InChI is InChI=1S/C20H20N2O4S/c1-13-7-8-16(14(2)11-13)27-17-6-4-3-5-15(17)22-10-9-21-12-20(22)25-18(23)19(24)26-20/h3-8,11,21H,9-10,12H2,1-2H3. The second kappa shape index (κ2) is 6.90. The lowest BCUT2D eigenvalue weighted by Crippen LogP contribution is -2.62. The van der Waals surface area contributed by atoms with Crippen molar-refractivity contribution in [2.75, 3.05) is 24.5 Å². The van der Waals surface area contributed by atoms with Gasteiger partial charge >= 0.3 is 17.8 Å². The Labute approximate surface area is 161 Å². The van der Waals surface area contributed by atoms with Crippen LogP contribution in [-0.2, 0) is 19.1 Å². The van der Waals surface area contributed by atoms with Crippen LogP contribution in [-0.4, -0.2) is 37.5 Å². The number of nitrogens with one attached hydrogen (secondary N) is 1. The molecule has 0 unspecified atom stereocenters. The Morgan fingerprint density at radius 3 is 2.52 bits per heavy atom. The number of para-hydroxylation sites is 1. The Balaban J connectivity index is 1.71. The number of ether oxygens (including phenoxy) is 2. The van der Waals surface area contributed by atoms with E-state index in [1.807, 2.05) is 29.2 Å². The molecule has 6 nitrogen and oxygen atoms in total. The van der Waals surface area contributed by atoms with Gasteiger partial charge in [-0.25, -0.2) is 9.59 Å². The Hall–Kier alpha value is -2.51. The molecule has 2 aliphatic heterocycles. The fourth-order valence-corrected chi connectivity index (χ4v) is 4.40. The molecule has 2 saturated heterocycles. The minimum absolute atomic E-state index is 0.229. The number of anilines is 1. The summed E-state index contributed by atoms with van der Waals surface area (Å²) in [5.74, 6) is -3.34. The predicted molar refractivity (Wildman–Crippen MR) is 102 cm³/mol. The van der Waals surface area contributed by atoms with Gasteiger partial charge in [0.1, 0.15) is 0 Å². The van der Waals surface area contributed by atoms with E-state index in [0.29, 0.717) is 13.1 Å². The van der Waals surface area contributed by atoms with E-state index < -0.39 is 17.8 Å². The highest BCUT2D eigenvalue weighted by Gasteiger charge is 2.54. The third kappa shape index (κ3) is 3.28. The van der Waals surface area contributed by atoms with Crippen LogP contribution in [0.2, 0.25) is 0 Å². The molecule has 0 radical (unpaired) electrons. The molecule has 4 rings (SSSR count). The number of hydrogen-bond acceptors (Lipinski definition) is 7. The third-order valence-corrected chi connectivity index (χ3v) is 5.89. The molecule has 2 fully saturated rings. The molecule has 2 aromatic carbocycles. The van der Waals surface area contributed by atoms with Gasteiger partial charge in [0, 0.05) is 22.9 Å². The Morgan fingerprint density at radius 2 is 1.78 bits per heavy atom. The molecular weight excluding hydrogens is 364 g/mol. The van der Waals surface area contributed by atoms with E-state index >= 15 is 0 Å². The van der Waals surface area contributed by atoms with Crippen molar-refractivity contribution in [3.05, 3.63) is 53.6 Å². The maximum absolute atomic E-state index is 11.7. The molecule has 0 bridgehead atoms. The first kappa shape index (κ1) is 17.9. The van der Waals surface area contributed by atoms with E-state index in [1.165, 1.54) is 11.1 Å². The topological polar surface area (TPSA) is 67.9 Å². The number of esters is 2. The van der Waals surface area contributed by atoms with E-state index in [1.54, 1.807) is 11.8 Å². The Bertz CT molecular complexity index is 899. The molecule has 0 aliphatic carbocycles. The van der Waals surface area contributed by atoms with Crippen LogP contribution in [0, 0.1) is 13.8 Å². The predicted octanol–water partition coefficient (Wildman–Crippen LogP) is 2.62. The van der Waals surface area contributed by atoms with Gasteiger partial charge in [-0.2, -0.15) is 0 Å². The summed E-state index contributed by atoms with van der Waals surface area (Å²) in [5.41, 5.74) is 3.28. The summed E-state index contributed by atoms with van der Waals surface area (Å²) in [7, 11) is 0. The van der Waals surface area contributed by atoms with Gasteiger partial charge in [-0.1, -0.05) is 41.6 Å². The lowest BCUT2D eigenvalue weighted by molar-refractivity contribution is -0.180. The number of carbonyl (C=O) groups excluding carboxylic acids is 2. The molecule has 1 N–H and O–H groups in total. The quantitative estimate of drug-likeness (QED) is 0.644.